The number of H-pyrrole nitrogens is 1. The van der Waals surface area contributed by atoms with Gasteiger partial charge in [-0.15, -0.1) is 0 Å². The fourth-order valence-corrected chi connectivity index (χ4v) is 2.98. The molecule has 1 unspecified atom stereocenters. The summed E-state index contributed by atoms with van der Waals surface area (Å²) in [6.07, 6.45) is 7.15. The van der Waals surface area contributed by atoms with Gasteiger partial charge in [0.15, 0.2) is 11.6 Å². The van der Waals surface area contributed by atoms with Gasteiger partial charge in [0, 0.05) is 22.9 Å². The molecule has 7 heteroatoms. The van der Waals surface area contributed by atoms with E-state index in [1.165, 1.54) is 0 Å². The number of hydrogen-bond donors (Lipinski definition) is 4. The van der Waals surface area contributed by atoms with Gasteiger partial charge in [-0.05, 0) is 24.4 Å². The second-order valence-electron chi connectivity index (χ2n) is 6.13. The van der Waals surface area contributed by atoms with Crippen LogP contribution in [0.15, 0.2) is 60.9 Å². The lowest BCUT2D eigenvalue weighted by Gasteiger charge is -2.15. The number of hydrogen-bond acceptors (Lipinski definition) is 6. The summed E-state index contributed by atoms with van der Waals surface area (Å²) in [7, 11) is 1.56. The topological polar surface area (TPSA) is 115 Å². The van der Waals surface area contributed by atoms with Gasteiger partial charge in [-0.2, -0.15) is 0 Å². The fourth-order valence-electron chi connectivity index (χ4n) is 2.98. The van der Waals surface area contributed by atoms with Crippen molar-refractivity contribution < 1.29 is 4.74 Å². The minimum absolute atomic E-state index is 0.264. The second-order valence-corrected chi connectivity index (χ2v) is 6.13. The van der Waals surface area contributed by atoms with Crippen molar-refractivity contribution in [3.05, 3.63) is 66.6 Å². The van der Waals surface area contributed by atoms with E-state index in [9.17, 15) is 0 Å². The third kappa shape index (κ3) is 3.28. The Morgan fingerprint density at radius 1 is 1.15 bits per heavy atom. The number of aromatic amines is 1. The number of anilines is 1. The van der Waals surface area contributed by atoms with Gasteiger partial charge in [-0.1, -0.05) is 30.3 Å². The number of aromatic nitrogens is 3. The third-order valence-electron chi connectivity index (χ3n) is 4.33. The van der Waals surface area contributed by atoms with Crippen LogP contribution in [-0.4, -0.2) is 28.2 Å². The highest BCUT2D eigenvalue weighted by atomic mass is 16.5. The van der Waals surface area contributed by atoms with E-state index in [1.807, 2.05) is 54.8 Å². The fraction of sp³-hybridized carbons (Fsp3) is 0.100. The summed E-state index contributed by atoms with van der Waals surface area (Å²) in [5, 5.41) is 3.04. The van der Waals surface area contributed by atoms with E-state index in [1.54, 1.807) is 13.3 Å². The lowest BCUT2D eigenvalue weighted by Crippen LogP contribution is -2.33. The van der Waals surface area contributed by atoms with Gasteiger partial charge in [0.25, 0.3) is 0 Å². The van der Waals surface area contributed by atoms with E-state index in [-0.39, 0.29) is 6.17 Å². The summed E-state index contributed by atoms with van der Waals surface area (Å²) in [5.41, 5.74) is 16.2. The number of nitrogens with zero attached hydrogens (tertiary/aromatic N) is 2. The number of ether oxygens (including phenoxy) is 1. The van der Waals surface area contributed by atoms with Gasteiger partial charge in [0.05, 0.1) is 24.7 Å². The smallest absolute Gasteiger partial charge is 0.166 e. The molecule has 0 saturated carbocycles. The van der Waals surface area contributed by atoms with Crippen LogP contribution in [0.1, 0.15) is 5.69 Å². The number of pyridine rings is 1. The molecule has 0 amide bonds. The number of imidazole rings is 1. The Hall–Kier alpha value is -3.58. The number of rotatable bonds is 4. The van der Waals surface area contributed by atoms with Crippen LogP contribution in [0.2, 0.25) is 0 Å². The molecule has 2 aromatic heterocycles. The Morgan fingerprint density at radius 3 is 2.70 bits per heavy atom. The van der Waals surface area contributed by atoms with Gasteiger partial charge >= 0.3 is 0 Å². The first-order valence-corrected chi connectivity index (χ1v) is 8.51. The predicted octanol–water partition coefficient (Wildman–Crippen LogP) is 2.51. The first-order valence-electron chi connectivity index (χ1n) is 8.51. The van der Waals surface area contributed by atoms with Crippen molar-refractivity contribution in [2.24, 2.45) is 5.73 Å². The van der Waals surface area contributed by atoms with Gasteiger partial charge < -0.3 is 26.5 Å². The van der Waals surface area contributed by atoms with Gasteiger partial charge in [-0.3, -0.25) is 0 Å². The number of benzene rings is 1. The lowest BCUT2D eigenvalue weighted by molar-refractivity contribution is 0.415. The maximum atomic E-state index is 6.01. The number of allylic oxidation sites excluding steroid dienone is 2. The number of methoxy groups -OCH3 is 1. The van der Waals surface area contributed by atoms with Crippen molar-refractivity contribution >= 4 is 11.4 Å². The Labute approximate surface area is 156 Å². The summed E-state index contributed by atoms with van der Waals surface area (Å²) in [6, 6.07) is 11.8. The number of dihydropyridines is 1. The van der Waals surface area contributed by atoms with Crippen LogP contribution in [0.4, 0.5) is 5.82 Å². The standard InChI is InChI=1S/C20H20N6O/c1-27-15-9-14(11-24-19(15)22)18-17(13-7-8-23-16(21)10-13)25-20(26-18)12-5-3-2-4-6-12/h2-11,16,23H,21H2,1H3,(H2,22,24)(H,25,26). The van der Waals surface area contributed by atoms with Gasteiger partial charge in [0.1, 0.15) is 5.82 Å². The Bertz CT molecular complexity index is 1020. The molecule has 0 saturated heterocycles. The summed E-state index contributed by atoms with van der Waals surface area (Å²) in [4.78, 5) is 12.5. The molecule has 4 rings (SSSR count). The van der Waals surface area contributed by atoms with Crippen LogP contribution in [0.25, 0.3) is 28.2 Å². The van der Waals surface area contributed by atoms with Crippen molar-refractivity contribution in [1.82, 2.24) is 20.3 Å². The highest BCUT2D eigenvalue weighted by Gasteiger charge is 2.19. The second kappa shape index (κ2) is 6.97. The number of nitrogens with two attached hydrogens (primary N) is 2. The van der Waals surface area contributed by atoms with Crippen molar-refractivity contribution in [3.8, 4) is 28.4 Å². The van der Waals surface area contributed by atoms with Crippen molar-refractivity contribution in [3.63, 3.8) is 0 Å². The SMILES string of the molecule is COc1cc(-c2nc(-c3ccccc3)[nH]c2C2=CC(N)NC=C2)cnc1N. The third-order valence-corrected chi connectivity index (χ3v) is 4.33. The molecule has 3 aromatic rings. The first kappa shape index (κ1) is 16.9. The molecule has 3 heterocycles. The predicted molar refractivity (Wildman–Crippen MR) is 106 cm³/mol. The molecule has 0 radical (unpaired) electrons. The molecular formula is C20H20N6O. The van der Waals surface area contributed by atoms with E-state index in [4.69, 9.17) is 21.2 Å². The highest BCUT2D eigenvalue weighted by Crippen LogP contribution is 2.34. The Balaban J connectivity index is 1.89. The quantitative estimate of drug-likeness (QED) is 0.568. The van der Waals surface area contributed by atoms with Crippen molar-refractivity contribution in [2.45, 2.75) is 6.17 Å². The molecule has 1 aliphatic rings. The molecular weight excluding hydrogens is 340 g/mol. The Morgan fingerprint density at radius 2 is 1.96 bits per heavy atom. The summed E-state index contributed by atoms with van der Waals surface area (Å²) < 4.78 is 5.32. The van der Waals surface area contributed by atoms with Crippen LogP contribution in [0.3, 0.4) is 0 Å². The molecule has 0 fully saturated rings. The van der Waals surface area contributed by atoms with Crippen LogP contribution in [0.5, 0.6) is 5.75 Å². The average molecular weight is 360 g/mol. The zero-order valence-electron chi connectivity index (χ0n) is 14.8. The maximum Gasteiger partial charge on any atom is 0.166 e. The molecule has 1 aliphatic heterocycles. The van der Waals surface area contributed by atoms with E-state index in [0.717, 1.165) is 33.9 Å². The average Bonchev–Trinajstić information content (AvgIpc) is 3.14. The molecule has 0 spiro atoms. The first-order chi connectivity index (χ1) is 13.2. The van der Waals surface area contributed by atoms with Crippen LogP contribution in [-0.2, 0) is 0 Å². The number of nitrogen functional groups attached to an aromatic ring is 1. The summed E-state index contributed by atoms with van der Waals surface area (Å²) in [6.45, 7) is 0. The summed E-state index contributed by atoms with van der Waals surface area (Å²) >= 11 is 0. The highest BCUT2D eigenvalue weighted by molar-refractivity contribution is 5.84. The minimum Gasteiger partial charge on any atom is -0.493 e. The van der Waals surface area contributed by atoms with Gasteiger partial charge in [-0.25, -0.2) is 9.97 Å². The van der Waals surface area contributed by atoms with Crippen LogP contribution in [0, 0.1) is 0 Å². The molecule has 1 atom stereocenters. The van der Waals surface area contributed by atoms with E-state index in [0.29, 0.717) is 11.6 Å². The van der Waals surface area contributed by atoms with E-state index < -0.39 is 0 Å². The molecule has 1 aromatic carbocycles. The molecule has 6 N–H and O–H groups in total. The largest absolute Gasteiger partial charge is 0.493 e. The monoisotopic (exact) mass is 360 g/mol. The van der Waals surface area contributed by atoms with Crippen LogP contribution < -0.4 is 21.5 Å². The molecule has 0 bridgehead atoms. The maximum absolute atomic E-state index is 6.01. The zero-order valence-corrected chi connectivity index (χ0v) is 14.8. The van der Waals surface area contributed by atoms with Crippen molar-refractivity contribution in [1.29, 1.82) is 0 Å². The zero-order chi connectivity index (χ0) is 18.8. The van der Waals surface area contributed by atoms with E-state index in [2.05, 4.69) is 15.3 Å². The molecule has 136 valence electrons. The Kier molecular flexibility index (Phi) is 4.35. The van der Waals surface area contributed by atoms with E-state index >= 15 is 0 Å². The lowest BCUT2D eigenvalue weighted by atomic mass is 10.0. The van der Waals surface area contributed by atoms with Gasteiger partial charge in [0.2, 0.25) is 0 Å². The number of nitrogens with one attached hydrogen (secondary N) is 2. The van der Waals surface area contributed by atoms with Crippen LogP contribution >= 0.6 is 0 Å². The minimum atomic E-state index is -0.264. The molecule has 27 heavy (non-hydrogen) atoms. The van der Waals surface area contributed by atoms with Crippen molar-refractivity contribution in [2.75, 3.05) is 12.8 Å². The normalized spacial score (nSPS) is 15.9. The molecule has 7 nitrogen and oxygen atoms in total. The summed E-state index contributed by atoms with van der Waals surface area (Å²) in [5.74, 6) is 1.61. The molecule has 0 aliphatic carbocycles.